The molecule has 0 radical (unpaired) electrons. The zero-order chi connectivity index (χ0) is 12.0. The van der Waals surface area contributed by atoms with E-state index in [1.54, 1.807) is 11.3 Å². The fourth-order valence-electron chi connectivity index (χ4n) is 1.53. The summed E-state index contributed by atoms with van der Waals surface area (Å²) in [5.41, 5.74) is 7.90. The first-order valence-electron chi connectivity index (χ1n) is 4.75. The summed E-state index contributed by atoms with van der Waals surface area (Å²) in [7, 11) is 0. The van der Waals surface area contributed by atoms with Crippen molar-refractivity contribution < 1.29 is 4.42 Å². The standard InChI is InChI=1S/C11H6Br2N2OS/c12-5-4-8(17-10(5)13)11-15-9-6(14)2-1-3-7(9)16-11/h1-4H,14H2. The number of nitrogens with two attached hydrogens (primary N) is 1. The molecule has 2 aromatic heterocycles. The van der Waals surface area contributed by atoms with Gasteiger partial charge in [-0.2, -0.15) is 0 Å². The summed E-state index contributed by atoms with van der Waals surface area (Å²) in [6, 6.07) is 7.50. The number of hydrogen-bond donors (Lipinski definition) is 1. The van der Waals surface area contributed by atoms with Gasteiger partial charge in [-0.3, -0.25) is 0 Å². The largest absolute Gasteiger partial charge is 0.435 e. The second-order valence-corrected chi connectivity index (χ2v) is 6.67. The highest BCUT2D eigenvalue weighted by atomic mass is 79.9. The van der Waals surface area contributed by atoms with Crippen molar-refractivity contribution in [2.45, 2.75) is 0 Å². The molecule has 3 rings (SSSR count). The Balaban J connectivity index is 2.21. The van der Waals surface area contributed by atoms with Crippen molar-refractivity contribution in [1.82, 2.24) is 4.98 Å². The third kappa shape index (κ3) is 1.90. The van der Waals surface area contributed by atoms with Crippen LogP contribution in [0.5, 0.6) is 0 Å². The van der Waals surface area contributed by atoms with E-state index < -0.39 is 0 Å². The smallest absolute Gasteiger partial charge is 0.237 e. The number of aromatic nitrogens is 1. The van der Waals surface area contributed by atoms with Crippen molar-refractivity contribution in [3.63, 3.8) is 0 Å². The minimum absolute atomic E-state index is 0.592. The Kier molecular flexibility index (Phi) is 2.72. The number of oxazole rings is 1. The Morgan fingerprint density at radius 1 is 1.29 bits per heavy atom. The van der Waals surface area contributed by atoms with Gasteiger partial charge in [-0.1, -0.05) is 6.07 Å². The molecule has 3 aromatic rings. The first-order chi connectivity index (χ1) is 8.15. The Bertz CT molecular complexity index is 685. The molecule has 17 heavy (non-hydrogen) atoms. The summed E-state index contributed by atoms with van der Waals surface area (Å²) in [5, 5.41) is 0. The molecule has 0 saturated carbocycles. The van der Waals surface area contributed by atoms with E-state index in [2.05, 4.69) is 36.8 Å². The lowest BCUT2D eigenvalue weighted by molar-refractivity contribution is 0.621. The van der Waals surface area contributed by atoms with Crippen molar-refractivity contribution in [2.75, 3.05) is 5.73 Å². The molecule has 2 N–H and O–H groups in total. The number of benzene rings is 1. The minimum atomic E-state index is 0.592. The molecule has 0 saturated heterocycles. The van der Waals surface area contributed by atoms with Gasteiger partial charge in [0.15, 0.2) is 5.58 Å². The van der Waals surface area contributed by atoms with Gasteiger partial charge in [0.2, 0.25) is 5.89 Å². The van der Waals surface area contributed by atoms with Crippen LogP contribution in [-0.2, 0) is 0 Å². The quantitative estimate of drug-likeness (QED) is 0.631. The van der Waals surface area contributed by atoms with Crippen molar-refractivity contribution in [3.8, 4) is 10.8 Å². The molecular formula is C11H6Br2N2OS. The highest BCUT2D eigenvalue weighted by Gasteiger charge is 2.13. The van der Waals surface area contributed by atoms with E-state index in [0.717, 1.165) is 13.1 Å². The van der Waals surface area contributed by atoms with E-state index in [-0.39, 0.29) is 0 Å². The number of rotatable bonds is 1. The van der Waals surface area contributed by atoms with E-state index in [9.17, 15) is 0 Å². The zero-order valence-corrected chi connectivity index (χ0v) is 12.4. The molecule has 0 aliphatic carbocycles. The van der Waals surface area contributed by atoms with Crippen LogP contribution >= 0.6 is 43.2 Å². The summed E-state index contributed by atoms with van der Waals surface area (Å²) < 4.78 is 7.69. The van der Waals surface area contributed by atoms with Gasteiger partial charge < -0.3 is 10.2 Å². The maximum absolute atomic E-state index is 5.85. The molecule has 2 heterocycles. The van der Waals surface area contributed by atoms with E-state index >= 15 is 0 Å². The van der Waals surface area contributed by atoms with Gasteiger partial charge >= 0.3 is 0 Å². The predicted molar refractivity (Wildman–Crippen MR) is 77.1 cm³/mol. The Morgan fingerprint density at radius 2 is 2.12 bits per heavy atom. The highest BCUT2D eigenvalue weighted by Crippen LogP contribution is 2.39. The van der Waals surface area contributed by atoms with Crippen LogP contribution in [0, 0.1) is 0 Å². The SMILES string of the molecule is Nc1cccc2oc(-c3cc(Br)c(Br)s3)nc12. The third-order valence-electron chi connectivity index (χ3n) is 2.31. The normalized spacial score (nSPS) is 11.2. The van der Waals surface area contributed by atoms with Gasteiger partial charge in [-0.05, 0) is 50.1 Å². The lowest BCUT2D eigenvalue weighted by atomic mass is 10.3. The van der Waals surface area contributed by atoms with Gasteiger partial charge in [0.05, 0.1) is 14.4 Å². The second kappa shape index (κ2) is 4.12. The molecule has 0 bridgehead atoms. The molecule has 86 valence electrons. The lowest BCUT2D eigenvalue weighted by Crippen LogP contribution is -1.84. The summed E-state index contributed by atoms with van der Waals surface area (Å²) in [4.78, 5) is 5.37. The summed E-state index contributed by atoms with van der Waals surface area (Å²) in [6.07, 6.45) is 0. The van der Waals surface area contributed by atoms with Gasteiger partial charge in [-0.15, -0.1) is 11.3 Å². The Hall–Kier alpha value is -0.850. The molecule has 0 spiro atoms. The maximum Gasteiger partial charge on any atom is 0.237 e. The molecular weight excluding hydrogens is 368 g/mol. The van der Waals surface area contributed by atoms with Crippen molar-refractivity contribution in [2.24, 2.45) is 0 Å². The molecule has 0 aliphatic heterocycles. The number of halogens is 2. The number of para-hydroxylation sites is 1. The molecule has 0 unspecified atom stereocenters. The number of hydrogen-bond acceptors (Lipinski definition) is 4. The highest BCUT2D eigenvalue weighted by molar-refractivity contribution is 9.13. The van der Waals surface area contributed by atoms with Crippen molar-refractivity contribution in [1.29, 1.82) is 0 Å². The topological polar surface area (TPSA) is 52.0 Å². The van der Waals surface area contributed by atoms with Crippen LogP contribution in [0.3, 0.4) is 0 Å². The summed E-state index contributed by atoms with van der Waals surface area (Å²) >= 11 is 8.45. The Labute approximate surface area is 118 Å². The second-order valence-electron chi connectivity index (χ2n) is 3.45. The zero-order valence-electron chi connectivity index (χ0n) is 8.41. The van der Waals surface area contributed by atoms with Crippen LogP contribution in [0.1, 0.15) is 0 Å². The fraction of sp³-hybridized carbons (Fsp3) is 0. The first kappa shape index (κ1) is 11.3. The van der Waals surface area contributed by atoms with E-state index in [1.165, 1.54) is 0 Å². The number of thiophene rings is 1. The first-order valence-corrected chi connectivity index (χ1v) is 7.15. The third-order valence-corrected chi connectivity index (χ3v) is 5.55. The van der Waals surface area contributed by atoms with Crippen molar-refractivity contribution >= 4 is 60.0 Å². The van der Waals surface area contributed by atoms with Crippen LogP contribution in [0.25, 0.3) is 21.9 Å². The number of anilines is 1. The molecule has 1 aromatic carbocycles. The van der Waals surface area contributed by atoms with Crippen LogP contribution in [-0.4, -0.2) is 4.98 Å². The fourth-order valence-corrected chi connectivity index (χ4v) is 3.49. The summed E-state index contributed by atoms with van der Waals surface area (Å²) in [6.45, 7) is 0. The molecule has 0 fully saturated rings. The number of fused-ring (bicyclic) bond motifs is 1. The van der Waals surface area contributed by atoms with E-state index in [4.69, 9.17) is 10.2 Å². The van der Waals surface area contributed by atoms with Gasteiger partial charge in [-0.25, -0.2) is 4.98 Å². The van der Waals surface area contributed by atoms with E-state index in [1.807, 2.05) is 24.3 Å². The average molecular weight is 374 g/mol. The van der Waals surface area contributed by atoms with Gasteiger partial charge in [0.25, 0.3) is 0 Å². The number of nitrogens with zero attached hydrogens (tertiary/aromatic N) is 1. The molecule has 0 atom stereocenters. The van der Waals surface area contributed by atoms with Crippen LogP contribution < -0.4 is 5.73 Å². The van der Waals surface area contributed by atoms with E-state index in [0.29, 0.717) is 22.7 Å². The molecule has 6 heteroatoms. The molecule has 0 amide bonds. The van der Waals surface area contributed by atoms with Crippen LogP contribution in [0.2, 0.25) is 0 Å². The Morgan fingerprint density at radius 3 is 2.76 bits per heavy atom. The monoisotopic (exact) mass is 372 g/mol. The van der Waals surface area contributed by atoms with Crippen molar-refractivity contribution in [3.05, 3.63) is 32.5 Å². The van der Waals surface area contributed by atoms with Crippen LogP contribution in [0.15, 0.2) is 36.9 Å². The van der Waals surface area contributed by atoms with Crippen LogP contribution in [0.4, 0.5) is 5.69 Å². The van der Waals surface area contributed by atoms with Gasteiger partial charge in [0, 0.05) is 4.47 Å². The minimum Gasteiger partial charge on any atom is -0.435 e. The maximum atomic E-state index is 5.85. The molecule has 0 aliphatic rings. The summed E-state index contributed by atoms with van der Waals surface area (Å²) in [5.74, 6) is 0.592. The lowest BCUT2D eigenvalue weighted by Gasteiger charge is -1.89. The molecule has 3 nitrogen and oxygen atoms in total. The number of nitrogen functional groups attached to an aromatic ring is 1. The van der Waals surface area contributed by atoms with Gasteiger partial charge in [0.1, 0.15) is 5.52 Å². The predicted octanol–water partition coefficient (Wildman–Crippen LogP) is 4.66. The average Bonchev–Trinajstić information content (AvgIpc) is 2.85.